The summed E-state index contributed by atoms with van der Waals surface area (Å²) in [6, 6.07) is 6.06. The van der Waals surface area contributed by atoms with E-state index in [0.717, 1.165) is 5.56 Å². The third-order valence-electron chi connectivity index (χ3n) is 3.94. The minimum atomic E-state index is -0.816. The van der Waals surface area contributed by atoms with Crippen LogP contribution in [0.2, 0.25) is 0 Å². The second-order valence-corrected chi connectivity index (χ2v) is 5.01. The summed E-state index contributed by atoms with van der Waals surface area (Å²) in [5.74, 6) is -0.352. The van der Waals surface area contributed by atoms with Crippen molar-refractivity contribution in [1.29, 1.82) is 0 Å². The van der Waals surface area contributed by atoms with Gasteiger partial charge in [-0.2, -0.15) is 0 Å². The van der Waals surface area contributed by atoms with Crippen molar-refractivity contribution in [2.45, 2.75) is 45.2 Å². The van der Waals surface area contributed by atoms with Crippen LogP contribution in [0.5, 0.6) is 0 Å². The molecule has 1 aromatic carbocycles. The number of hydrogen-bond acceptors (Lipinski definition) is 2. The predicted octanol–water partition coefficient (Wildman–Crippen LogP) is 2.86. The summed E-state index contributed by atoms with van der Waals surface area (Å²) in [6.07, 6.45) is 1.20. The Balaban J connectivity index is 2.90. The fraction of sp³-hybridized carbons (Fsp3) is 0.533. The molecular weight excluding hydrogens is 243 g/mol. The number of carbonyl (C=O) groups is 1. The standard InChI is InChI=1S/C15H23FN2O/c1-5-15(17,6-2)14(19)18(4)11(3)12-7-9-13(16)10-8-12/h7-11H,5-6,17H2,1-4H3. The number of halogens is 1. The molecule has 0 spiro atoms. The van der Waals surface area contributed by atoms with Gasteiger partial charge in [-0.3, -0.25) is 4.79 Å². The van der Waals surface area contributed by atoms with Gasteiger partial charge in [0.2, 0.25) is 5.91 Å². The van der Waals surface area contributed by atoms with E-state index in [1.54, 1.807) is 24.1 Å². The first-order valence-electron chi connectivity index (χ1n) is 6.67. The highest BCUT2D eigenvalue weighted by atomic mass is 19.1. The summed E-state index contributed by atoms with van der Waals surface area (Å²) in [6.45, 7) is 5.74. The van der Waals surface area contributed by atoms with Gasteiger partial charge in [-0.15, -0.1) is 0 Å². The minimum absolute atomic E-state index is 0.0747. The molecule has 1 atom stereocenters. The van der Waals surface area contributed by atoms with E-state index in [0.29, 0.717) is 12.8 Å². The molecule has 0 aliphatic carbocycles. The second kappa shape index (κ2) is 6.15. The van der Waals surface area contributed by atoms with Crippen molar-refractivity contribution in [1.82, 2.24) is 4.90 Å². The van der Waals surface area contributed by atoms with E-state index in [1.807, 2.05) is 20.8 Å². The van der Waals surface area contributed by atoms with Crippen LogP contribution in [-0.4, -0.2) is 23.4 Å². The molecule has 3 nitrogen and oxygen atoms in total. The molecule has 19 heavy (non-hydrogen) atoms. The first-order chi connectivity index (χ1) is 8.85. The lowest BCUT2D eigenvalue weighted by atomic mass is 9.91. The zero-order valence-electron chi connectivity index (χ0n) is 12.1. The third-order valence-corrected chi connectivity index (χ3v) is 3.94. The molecule has 0 aliphatic heterocycles. The van der Waals surface area contributed by atoms with Crippen LogP contribution in [0.4, 0.5) is 4.39 Å². The van der Waals surface area contributed by atoms with Gasteiger partial charge >= 0.3 is 0 Å². The Morgan fingerprint density at radius 3 is 2.21 bits per heavy atom. The minimum Gasteiger partial charge on any atom is -0.337 e. The molecule has 1 rings (SSSR count). The molecule has 0 saturated carbocycles. The van der Waals surface area contributed by atoms with Crippen molar-refractivity contribution in [3.05, 3.63) is 35.6 Å². The Hall–Kier alpha value is -1.42. The molecule has 1 aromatic rings. The summed E-state index contributed by atoms with van der Waals surface area (Å²) in [7, 11) is 1.74. The van der Waals surface area contributed by atoms with Gasteiger partial charge in [0, 0.05) is 7.05 Å². The summed E-state index contributed by atoms with van der Waals surface area (Å²) < 4.78 is 12.9. The first-order valence-corrected chi connectivity index (χ1v) is 6.67. The van der Waals surface area contributed by atoms with Crippen molar-refractivity contribution in [3.8, 4) is 0 Å². The normalized spacial score (nSPS) is 13.2. The summed E-state index contributed by atoms with van der Waals surface area (Å²) in [4.78, 5) is 14.1. The van der Waals surface area contributed by atoms with Crippen LogP contribution in [0, 0.1) is 5.82 Å². The molecule has 2 N–H and O–H groups in total. The monoisotopic (exact) mass is 266 g/mol. The van der Waals surface area contributed by atoms with Crippen LogP contribution in [0.1, 0.15) is 45.2 Å². The highest BCUT2D eigenvalue weighted by molar-refractivity contribution is 5.86. The van der Waals surface area contributed by atoms with Crippen LogP contribution in [-0.2, 0) is 4.79 Å². The molecule has 0 fully saturated rings. The van der Waals surface area contributed by atoms with Crippen molar-refractivity contribution in [2.75, 3.05) is 7.05 Å². The van der Waals surface area contributed by atoms with Crippen LogP contribution >= 0.6 is 0 Å². The number of hydrogen-bond donors (Lipinski definition) is 1. The van der Waals surface area contributed by atoms with Gasteiger partial charge in [-0.05, 0) is 37.5 Å². The molecule has 0 heterocycles. The van der Waals surface area contributed by atoms with Gasteiger partial charge in [-0.1, -0.05) is 26.0 Å². The van der Waals surface area contributed by atoms with Crippen LogP contribution < -0.4 is 5.73 Å². The lowest BCUT2D eigenvalue weighted by Crippen LogP contribution is -2.54. The number of likely N-dealkylation sites (N-methyl/N-ethyl adjacent to an activating group) is 1. The van der Waals surface area contributed by atoms with Crippen LogP contribution in [0.3, 0.4) is 0 Å². The average Bonchev–Trinajstić information content (AvgIpc) is 2.44. The predicted molar refractivity (Wildman–Crippen MR) is 75.1 cm³/mol. The number of carbonyl (C=O) groups excluding carboxylic acids is 1. The molecule has 1 amide bonds. The lowest BCUT2D eigenvalue weighted by molar-refractivity contribution is -0.138. The maximum atomic E-state index is 12.9. The largest absolute Gasteiger partial charge is 0.337 e. The Labute approximate surface area is 114 Å². The molecule has 0 aliphatic rings. The molecule has 0 saturated heterocycles. The molecule has 106 valence electrons. The van der Waals surface area contributed by atoms with Gasteiger partial charge in [0.1, 0.15) is 5.82 Å². The summed E-state index contributed by atoms with van der Waals surface area (Å²) in [5, 5.41) is 0. The summed E-state index contributed by atoms with van der Waals surface area (Å²) >= 11 is 0. The average molecular weight is 266 g/mol. The van der Waals surface area contributed by atoms with E-state index in [-0.39, 0.29) is 17.8 Å². The topological polar surface area (TPSA) is 46.3 Å². The number of benzene rings is 1. The van der Waals surface area contributed by atoms with E-state index >= 15 is 0 Å². The molecule has 0 aromatic heterocycles. The van der Waals surface area contributed by atoms with Crippen molar-refractivity contribution < 1.29 is 9.18 Å². The third kappa shape index (κ3) is 3.32. The molecule has 0 bridgehead atoms. The quantitative estimate of drug-likeness (QED) is 0.890. The number of rotatable bonds is 5. The number of amides is 1. The van der Waals surface area contributed by atoms with Gasteiger partial charge in [-0.25, -0.2) is 4.39 Å². The highest BCUT2D eigenvalue weighted by Crippen LogP contribution is 2.23. The van der Waals surface area contributed by atoms with E-state index in [1.165, 1.54) is 12.1 Å². The smallest absolute Gasteiger partial charge is 0.242 e. The van der Waals surface area contributed by atoms with E-state index in [2.05, 4.69) is 0 Å². The maximum Gasteiger partial charge on any atom is 0.242 e. The Morgan fingerprint density at radius 1 is 1.32 bits per heavy atom. The second-order valence-electron chi connectivity index (χ2n) is 5.01. The highest BCUT2D eigenvalue weighted by Gasteiger charge is 2.34. The first kappa shape index (κ1) is 15.6. The van der Waals surface area contributed by atoms with Crippen LogP contribution in [0.15, 0.2) is 24.3 Å². The van der Waals surface area contributed by atoms with Crippen LogP contribution in [0.25, 0.3) is 0 Å². The van der Waals surface area contributed by atoms with Gasteiger partial charge in [0.05, 0.1) is 11.6 Å². The zero-order valence-corrected chi connectivity index (χ0v) is 12.1. The Bertz CT molecular complexity index is 426. The Morgan fingerprint density at radius 2 is 1.79 bits per heavy atom. The maximum absolute atomic E-state index is 12.9. The number of nitrogens with two attached hydrogens (primary N) is 1. The molecule has 4 heteroatoms. The van der Waals surface area contributed by atoms with Crippen molar-refractivity contribution in [2.24, 2.45) is 5.73 Å². The van der Waals surface area contributed by atoms with Crippen molar-refractivity contribution >= 4 is 5.91 Å². The fourth-order valence-electron chi connectivity index (χ4n) is 2.04. The van der Waals surface area contributed by atoms with E-state index in [4.69, 9.17) is 5.73 Å². The molecular formula is C15H23FN2O. The van der Waals surface area contributed by atoms with Gasteiger partial charge in [0.15, 0.2) is 0 Å². The summed E-state index contributed by atoms with van der Waals surface area (Å²) in [5.41, 5.74) is 6.21. The SMILES string of the molecule is CCC(N)(CC)C(=O)N(C)C(C)c1ccc(F)cc1. The molecule has 0 radical (unpaired) electrons. The van der Waals surface area contributed by atoms with Crippen molar-refractivity contribution in [3.63, 3.8) is 0 Å². The van der Waals surface area contributed by atoms with Gasteiger partial charge < -0.3 is 10.6 Å². The lowest BCUT2D eigenvalue weighted by Gasteiger charge is -2.34. The fourth-order valence-corrected chi connectivity index (χ4v) is 2.04. The van der Waals surface area contributed by atoms with E-state index < -0.39 is 5.54 Å². The molecule has 1 unspecified atom stereocenters. The number of nitrogens with zero attached hydrogens (tertiary/aromatic N) is 1. The van der Waals surface area contributed by atoms with E-state index in [9.17, 15) is 9.18 Å². The zero-order chi connectivity index (χ0) is 14.6. The van der Waals surface area contributed by atoms with Gasteiger partial charge in [0.25, 0.3) is 0 Å². The Kier molecular flexibility index (Phi) is 5.06.